The topological polar surface area (TPSA) is 71.5 Å². The predicted molar refractivity (Wildman–Crippen MR) is 84.3 cm³/mol. The van der Waals surface area contributed by atoms with Crippen LogP contribution in [0.1, 0.15) is 5.56 Å². The number of rotatable bonds is 4. The Morgan fingerprint density at radius 1 is 0.875 bits per heavy atom. The van der Waals surface area contributed by atoms with E-state index in [1.165, 1.54) is 4.31 Å². The fourth-order valence-electron chi connectivity index (χ4n) is 2.59. The van der Waals surface area contributed by atoms with Crippen LogP contribution in [0.3, 0.4) is 0 Å². The first-order valence-electron chi connectivity index (χ1n) is 6.97. The van der Waals surface area contributed by atoms with Crippen molar-refractivity contribution in [1.29, 1.82) is 0 Å². The van der Waals surface area contributed by atoms with Crippen LogP contribution < -0.4 is 4.31 Å². The molecule has 0 bridgehead atoms. The number of alkyl halides is 2. The SMILES string of the molecule is O=S(=O)(c1ccc(S(=O)(=O)N2CCc3ccccc32)cc1)C(F)F. The summed E-state index contributed by atoms with van der Waals surface area (Å²) in [6.45, 7) is 0.277. The maximum atomic E-state index is 12.7. The summed E-state index contributed by atoms with van der Waals surface area (Å²) < 4.78 is 74.5. The van der Waals surface area contributed by atoms with Crippen molar-refractivity contribution >= 4 is 25.5 Å². The van der Waals surface area contributed by atoms with Gasteiger partial charge in [0.1, 0.15) is 0 Å². The largest absolute Gasteiger partial charge is 0.341 e. The third kappa shape index (κ3) is 2.67. The van der Waals surface area contributed by atoms with E-state index in [0.29, 0.717) is 12.1 Å². The molecule has 0 aliphatic carbocycles. The van der Waals surface area contributed by atoms with E-state index in [4.69, 9.17) is 0 Å². The van der Waals surface area contributed by atoms with Crippen molar-refractivity contribution in [3.05, 3.63) is 54.1 Å². The molecule has 24 heavy (non-hydrogen) atoms. The lowest BCUT2D eigenvalue weighted by molar-refractivity contribution is 0.234. The van der Waals surface area contributed by atoms with Gasteiger partial charge in [0.15, 0.2) is 0 Å². The van der Waals surface area contributed by atoms with E-state index in [-0.39, 0.29) is 11.4 Å². The van der Waals surface area contributed by atoms with Crippen molar-refractivity contribution in [2.24, 2.45) is 0 Å². The molecule has 0 N–H and O–H groups in total. The lowest BCUT2D eigenvalue weighted by Gasteiger charge is -2.19. The van der Waals surface area contributed by atoms with Crippen LogP contribution in [0, 0.1) is 0 Å². The molecule has 0 unspecified atom stereocenters. The van der Waals surface area contributed by atoms with Gasteiger partial charge in [-0.2, -0.15) is 8.78 Å². The molecule has 0 saturated carbocycles. The molecule has 0 radical (unpaired) electrons. The van der Waals surface area contributed by atoms with Crippen LogP contribution in [0.15, 0.2) is 58.3 Å². The molecule has 2 aromatic rings. The molecule has 1 heterocycles. The van der Waals surface area contributed by atoms with Gasteiger partial charge in [-0.25, -0.2) is 16.8 Å². The summed E-state index contributed by atoms with van der Waals surface area (Å²) in [6, 6.07) is 10.9. The molecule has 0 atom stereocenters. The first-order chi connectivity index (χ1) is 11.2. The molecule has 0 fully saturated rings. The zero-order chi connectivity index (χ0) is 17.5. The van der Waals surface area contributed by atoms with Crippen LogP contribution in [0.4, 0.5) is 14.5 Å². The smallest absolute Gasteiger partial charge is 0.266 e. The lowest BCUT2D eigenvalue weighted by Crippen LogP contribution is -2.29. The summed E-state index contributed by atoms with van der Waals surface area (Å²) in [4.78, 5) is -0.759. The average Bonchev–Trinajstić information content (AvgIpc) is 2.99. The maximum Gasteiger partial charge on any atom is 0.341 e. The van der Waals surface area contributed by atoms with Crippen molar-refractivity contribution in [2.45, 2.75) is 22.0 Å². The molecule has 0 spiro atoms. The van der Waals surface area contributed by atoms with Gasteiger partial charge in [-0.15, -0.1) is 0 Å². The predicted octanol–water partition coefficient (Wildman–Crippen LogP) is 2.43. The Kier molecular flexibility index (Phi) is 4.08. The van der Waals surface area contributed by atoms with Crippen LogP contribution in [-0.4, -0.2) is 29.1 Å². The van der Waals surface area contributed by atoms with E-state index in [1.807, 2.05) is 12.1 Å². The Labute approximate surface area is 138 Å². The van der Waals surface area contributed by atoms with Gasteiger partial charge in [-0.3, -0.25) is 4.31 Å². The third-order valence-electron chi connectivity index (χ3n) is 3.82. The highest BCUT2D eigenvalue weighted by molar-refractivity contribution is 7.93. The molecule has 3 rings (SSSR count). The molecule has 2 aromatic carbocycles. The first kappa shape index (κ1) is 16.8. The number of sulfone groups is 1. The van der Waals surface area contributed by atoms with Crippen molar-refractivity contribution in [3.8, 4) is 0 Å². The zero-order valence-electron chi connectivity index (χ0n) is 12.3. The van der Waals surface area contributed by atoms with E-state index in [1.54, 1.807) is 12.1 Å². The van der Waals surface area contributed by atoms with Gasteiger partial charge >= 0.3 is 5.76 Å². The minimum absolute atomic E-state index is 0.146. The number of para-hydroxylation sites is 1. The first-order valence-corrected chi connectivity index (χ1v) is 9.96. The fraction of sp³-hybridized carbons (Fsp3) is 0.200. The summed E-state index contributed by atoms with van der Waals surface area (Å²) in [7, 11) is -8.63. The summed E-state index contributed by atoms with van der Waals surface area (Å²) in [6.07, 6.45) is 0.577. The van der Waals surface area contributed by atoms with Crippen LogP contribution in [-0.2, 0) is 26.3 Å². The number of hydrogen-bond donors (Lipinski definition) is 0. The zero-order valence-corrected chi connectivity index (χ0v) is 13.9. The van der Waals surface area contributed by atoms with Crippen molar-refractivity contribution in [3.63, 3.8) is 0 Å². The number of hydrogen-bond acceptors (Lipinski definition) is 4. The Balaban J connectivity index is 1.98. The van der Waals surface area contributed by atoms with Gasteiger partial charge in [0.2, 0.25) is 9.84 Å². The summed E-state index contributed by atoms with van der Waals surface area (Å²) in [5.41, 5.74) is 1.47. The van der Waals surface area contributed by atoms with Crippen molar-refractivity contribution in [1.82, 2.24) is 0 Å². The second-order valence-corrected chi connectivity index (χ2v) is 9.01. The van der Waals surface area contributed by atoms with Crippen LogP contribution in [0.25, 0.3) is 0 Å². The van der Waals surface area contributed by atoms with Crippen LogP contribution in [0.2, 0.25) is 0 Å². The monoisotopic (exact) mass is 373 g/mol. The number of fused-ring (bicyclic) bond motifs is 1. The molecular weight excluding hydrogens is 360 g/mol. The van der Waals surface area contributed by atoms with Gasteiger partial charge in [-0.1, -0.05) is 18.2 Å². The Hall–Kier alpha value is -2.00. The number of sulfonamides is 1. The van der Waals surface area contributed by atoms with Crippen molar-refractivity contribution in [2.75, 3.05) is 10.8 Å². The molecule has 1 aliphatic rings. The summed E-state index contributed by atoms with van der Waals surface area (Å²) >= 11 is 0. The van der Waals surface area contributed by atoms with Gasteiger partial charge in [0.05, 0.1) is 15.5 Å². The van der Waals surface area contributed by atoms with Crippen LogP contribution >= 0.6 is 0 Å². The lowest BCUT2D eigenvalue weighted by atomic mass is 10.2. The molecule has 9 heteroatoms. The minimum atomic E-state index is -4.75. The Bertz CT molecular complexity index is 971. The average molecular weight is 373 g/mol. The van der Waals surface area contributed by atoms with E-state index in [0.717, 1.165) is 29.8 Å². The highest BCUT2D eigenvalue weighted by atomic mass is 32.2. The molecule has 0 aromatic heterocycles. The molecule has 5 nitrogen and oxygen atoms in total. The molecule has 128 valence electrons. The van der Waals surface area contributed by atoms with E-state index >= 15 is 0 Å². The van der Waals surface area contributed by atoms with E-state index < -0.39 is 30.5 Å². The van der Waals surface area contributed by atoms with E-state index in [2.05, 4.69) is 0 Å². The summed E-state index contributed by atoms with van der Waals surface area (Å²) in [5, 5.41) is 0. The van der Waals surface area contributed by atoms with Gasteiger partial charge in [-0.05, 0) is 42.3 Å². The molecule has 1 aliphatic heterocycles. The molecule has 0 amide bonds. The van der Waals surface area contributed by atoms with E-state index in [9.17, 15) is 25.6 Å². The normalized spacial score (nSPS) is 14.9. The maximum absolute atomic E-state index is 12.7. The Morgan fingerprint density at radius 2 is 1.46 bits per heavy atom. The second kappa shape index (κ2) is 5.82. The second-order valence-electron chi connectivity index (χ2n) is 5.23. The van der Waals surface area contributed by atoms with Crippen LogP contribution in [0.5, 0.6) is 0 Å². The highest BCUT2D eigenvalue weighted by Crippen LogP contribution is 2.33. The number of halogens is 2. The standard InChI is InChI=1S/C15H13F2NO4S2/c16-15(17)23(19,20)12-5-7-13(8-6-12)24(21,22)18-10-9-11-3-1-2-4-14(11)18/h1-8,15H,9-10H2. The molecular formula is C15H13F2NO4S2. The number of nitrogens with zero attached hydrogens (tertiary/aromatic N) is 1. The minimum Gasteiger partial charge on any atom is -0.266 e. The van der Waals surface area contributed by atoms with Gasteiger partial charge in [0, 0.05) is 6.54 Å². The highest BCUT2D eigenvalue weighted by Gasteiger charge is 2.31. The Morgan fingerprint density at radius 3 is 2.08 bits per heavy atom. The number of benzene rings is 2. The number of anilines is 1. The fourth-order valence-corrected chi connectivity index (χ4v) is 4.81. The van der Waals surface area contributed by atoms with Crippen molar-refractivity contribution < 1.29 is 25.6 Å². The summed E-state index contributed by atoms with van der Waals surface area (Å²) in [5.74, 6) is -3.55. The third-order valence-corrected chi connectivity index (χ3v) is 7.05. The quantitative estimate of drug-likeness (QED) is 0.825. The van der Waals surface area contributed by atoms with Gasteiger partial charge < -0.3 is 0 Å². The van der Waals surface area contributed by atoms with Gasteiger partial charge in [0.25, 0.3) is 10.0 Å². The molecule has 0 saturated heterocycles.